The van der Waals surface area contributed by atoms with E-state index in [0.29, 0.717) is 5.76 Å². The highest BCUT2D eigenvalue weighted by Gasteiger charge is 2.26. The molecule has 150 valence electrons. The molecular weight excluding hydrogens is 443 g/mol. The monoisotopic (exact) mass is 478 g/mol. The van der Waals surface area contributed by atoms with Crippen molar-refractivity contribution in [3.8, 4) is 0 Å². The van der Waals surface area contributed by atoms with Gasteiger partial charge in [0, 0.05) is 19.6 Å². The van der Waals surface area contributed by atoms with Gasteiger partial charge in [-0.1, -0.05) is 12.8 Å². The Morgan fingerprint density at radius 1 is 1.23 bits per heavy atom. The van der Waals surface area contributed by atoms with Gasteiger partial charge in [-0.05, 0) is 58.8 Å². The summed E-state index contributed by atoms with van der Waals surface area (Å²) >= 11 is 0. The van der Waals surface area contributed by atoms with Crippen molar-refractivity contribution < 1.29 is 9.52 Å². The number of rotatable bonds is 7. The van der Waals surface area contributed by atoms with Crippen LogP contribution in [0, 0.1) is 6.92 Å². The number of aliphatic hydroxyl groups is 1. The Labute approximate surface area is 174 Å². The molecule has 7 heteroatoms. The van der Waals surface area contributed by atoms with Gasteiger partial charge in [0.2, 0.25) is 0 Å². The van der Waals surface area contributed by atoms with Crippen LogP contribution in [0.2, 0.25) is 0 Å². The van der Waals surface area contributed by atoms with E-state index in [1.54, 1.807) is 6.92 Å². The number of aliphatic imine (C=N–C) groups is 1. The summed E-state index contributed by atoms with van der Waals surface area (Å²) in [4.78, 5) is 7.06. The van der Waals surface area contributed by atoms with Gasteiger partial charge in [-0.25, -0.2) is 4.99 Å². The fourth-order valence-corrected chi connectivity index (χ4v) is 3.07. The second-order valence-electron chi connectivity index (χ2n) is 7.06. The van der Waals surface area contributed by atoms with Gasteiger partial charge in [0.1, 0.15) is 17.1 Å². The van der Waals surface area contributed by atoms with Gasteiger partial charge in [0.05, 0.1) is 6.54 Å². The minimum absolute atomic E-state index is 0. The molecular formula is C19H35IN4O2. The smallest absolute Gasteiger partial charge is 0.191 e. The first-order valence-electron chi connectivity index (χ1n) is 9.55. The zero-order valence-corrected chi connectivity index (χ0v) is 18.7. The molecule has 0 bridgehead atoms. The quantitative estimate of drug-likeness (QED) is 0.320. The van der Waals surface area contributed by atoms with E-state index < -0.39 is 5.60 Å². The van der Waals surface area contributed by atoms with Crippen molar-refractivity contribution in [3.63, 3.8) is 0 Å². The lowest BCUT2D eigenvalue weighted by Gasteiger charge is -2.22. The van der Waals surface area contributed by atoms with Crippen LogP contribution in [0.3, 0.4) is 0 Å². The number of furan rings is 1. The summed E-state index contributed by atoms with van der Waals surface area (Å²) < 4.78 is 5.55. The third-order valence-corrected chi connectivity index (χ3v) is 4.58. The molecule has 1 aliphatic rings. The number of aryl methyl sites for hydroxylation is 1. The Morgan fingerprint density at radius 2 is 1.92 bits per heavy atom. The number of nitrogens with one attached hydrogen (secondary N) is 2. The third-order valence-electron chi connectivity index (χ3n) is 4.58. The van der Waals surface area contributed by atoms with Crippen molar-refractivity contribution in [3.05, 3.63) is 23.7 Å². The number of guanidine groups is 1. The second-order valence-corrected chi connectivity index (χ2v) is 7.06. The van der Waals surface area contributed by atoms with Crippen LogP contribution in [-0.2, 0) is 5.60 Å². The molecule has 1 atom stereocenters. The molecule has 1 unspecified atom stereocenters. The summed E-state index contributed by atoms with van der Waals surface area (Å²) in [6.07, 6.45) is 5.32. The Kier molecular flexibility index (Phi) is 10.6. The molecule has 6 nitrogen and oxygen atoms in total. The van der Waals surface area contributed by atoms with Crippen molar-refractivity contribution in [1.29, 1.82) is 0 Å². The van der Waals surface area contributed by atoms with Gasteiger partial charge in [-0.3, -0.25) is 0 Å². The number of hydrogen-bond donors (Lipinski definition) is 3. The van der Waals surface area contributed by atoms with Crippen molar-refractivity contribution in [2.75, 3.05) is 39.3 Å². The molecule has 2 rings (SSSR count). The molecule has 0 radical (unpaired) electrons. The standard InChI is InChI=1S/C19H34N4O2.HI/c1-4-20-18(21-11-14-23-12-7-5-6-8-13-23)22-15-19(3,24)17-10-9-16(2)25-17;/h9-10,24H,4-8,11-15H2,1-3H3,(H2,20,21,22);1H. The summed E-state index contributed by atoms with van der Waals surface area (Å²) in [7, 11) is 0. The van der Waals surface area contributed by atoms with Crippen LogP contribution in [0.15, 0.2) is 21.5 Å². The van der Waals surface area contributed by atoms with Crippen molar-refractivity contribution in [2.45, 2.75) is 52.1 Å². The summed E-state index contributed by atoms with van der Waals surface area (Å²) in [5, 5.41) is 17.2. The lowest BCUT2D eigenvalue weighted by Crippen LogP contribution is -2.42. The van der Waals surface area contributed by atoms with E-state index in [1.807, 2.05) is 26.0 Å². The highest BCUT2D eigenvalue weighted by atomic mass is 127. The number of hydrogen-bond acceptors (Lipinski definition) is 4. The summed E-state index contributed by atoms with van der Waals surface area (Å²) in [5.74, 6) is 2.08. The maximum atomic E-state index is 10.6. The average molecular weight is 478 g/mol. The van der Waals surface area contributed by atoms with E-state index in [1.165, 1.54) is 38.8 Å². The highest BCUT2D eigenvalue weighted by molar-refractivity contribution is 14.0. The van der Waals surface area contributed by atoms with Crippen molar-refractivity contribution >= 4 is 29.9 Å². The molecule has 1 aliphatic heterocycles. The van der Waals surface area contributed by atoms with Crippen LogP contribution >= 0.6 is 24.0 Å². The van der Waals surface area contributed by atoms with Crippen LogP contribution in [-0.4, -0.2) is 55.2 Å². The molecule has 1 fully saturated rings. The predicted octanol–water partition coefficient (Wildman–Crippen LogP) is 2.84. The minimum atomic E-state index is -1.11. The summed E-state index contributed by atoms with van der Waals surface area (Å²) in [6, 6.07) is 3.67. The molecule has 1 aromatic rings. The summed E-state index contributed by atoms with van der Waals surface area (Å²) in [5.41, 5.74) is -1.11. The number of halogens is 1. The molecule has 0 spiro atoms. The van der Waals surface area contributed by atoms with Gasteiger partial charge in [0.25, 0.3) is 0 Å². The zero-order valence-electron chi connectivity index (χ0n) is 16.4. The van der Waals surface area contributed by atoms with Crippen LogP contribution in [0.4, 0.5) is 0 Å². The van der Waals surface area contributed by atoms with E-state index in [2.05, 4.69) is 20.5 Å². The number of nitrogens with zero attached hydrogens (tertiary/aromatic N) is 2. The largest absolute Gasteiger partial charge is 0.463 e. The summed E-state index contributed by atoms with van der Waals surface area (Å²) in [6.45, 7) is 11.0. The number of likely N-dealkylation sites (tertiary alicyclic amines) is 1. The van der Waals surface area contributed by atoms with Crippen LogP contribution in [0.1, 0.15) is 51.1 Å². The van der Waals surface area contributed by atoms with Crippen LogP contribution < -0.4 is 10.6 Å². The van der Waals surface area contributed by atoms with Gasteiger partial charge in [0.15, 0.2) is 5.96 Å². The molecule has 0 aliphatic carbocycles. The van der Waals surface area contributed by atoms with Gasteiger partial charge < -0.3 is 25.1 Å². The normalized spacial score (nSPS) is 18.5. The lowest BCUT2D eigenvalue weighted by molar-refractivity contribution is 0.0428. The van der Waals surface area contributed by atoms with Crippen LogP contribution in [0.25, 0.3) is 0 Å². The maximum absolute atomic E-state index is 10.6. The SMILES string of the molecule is CCNC(=NCC(C)(O)c1ccc(C)o1)NCCN1CCCCCC1.I. The fraction of sp³-hybridized carbons (Fsp3) is 0.737. The highest BCUT2D eigenvalue weighted by Crippen LogP contribution is 2.23. The van der Waals surface area contributed by atoms with Crippen LogP contribution in [0.5, 0.6) is 0 Å². The zero-order chi connectivity index (χ0) is 18.1. The average Bonchev–Trinajstić information content (AvgIpc) is 2.86. The lowest BCUT2D eigenvalue weighted by atomic mass is 10.0. The fourth-order valence-electron chi connectivity index (χ4n) is 3.07. The molecule has 0 saturated carbocycles. The minimum Gasteiger partial charge on any atom is -0.463 e. The third kappa shape index (κ3) is 7.84. The molecule has 2 heterocycles. The Morgan fingerprint density at radius 3 is 2.50 bits per heavy atom. The van der Waals surface area contributed by atoms with E-state index in [9.17, 15) is 5.11 Å². The Balaban J connectivity index is 0.00000338. The Bertz CT molecular complexity index is 537. The molecule has 3 N–H and O–H groups in total. The first-order valence-corrected chi connectivity index (χ1v) is 9.55. The van der Waals surface area contributed by atoms with Crippen molar-refractivity contribution in [1.82, 2.24) is 15.5 Å². The van der Waals surface area contributed by atoms with E-state index in [4.69, 9.17) is 4.42 Å². The molecule has 0 aromatic carbocycles. The van der Waals surface area contributed by atoms with Gasteiger partial charge >= 0.3 is 0 Å². The maximum Gasteiger partial charge on any atom is 0.191 e. The molecule has 1 saturated heterocycles. The van der Waals surface area contributed by atoms with Crippen molar-refractivity contribution in [2.24, 2.45) is 4.99 Å². The first kappa shape index (κ1) is 23.2. The second kappa shape index (κ2) is 11.8. The molecule has 26 heavy (non-hydrogen) atoms. The molecule has 0 amide bonds. The van der Waals surface area contributed by atoms with E-state index in [0.717, 1.165) is 31.4 Å². The van der Waals surface area contributed by atoms with E-state index in [-0.39, 0.29) is 30.5 Å². The topological polar surface area (TPSA) is 73.0 Å². The predicted molar refractivity (Wildman–Crippen MR) is 117 cm³/mol. The van der Waals surface area contributed by atoms with E-state index >= 15 is 0 Å². The van der Waals surface area contributed by atoms with Gasteiger partial charge in [-0.15, -0.1) is 24.0 Å². The molecule has 1 aromatic heterocycles. The van der Waals surface area contributed by atoms with Gasteiger partial charge in [-0.2, -0.15) is 0 Å². The first-order chi connectivity index (χ1) is 12.0. The Hall–Kier alpha value is -0.800.